The Morgan fingerprint density at radius 2 is 1.67 bits per heavy atom. The summed E-state index contributed by atoms with van der Waals surface area (Å²) in [6.45, 7) is 4.06. The molecule has 0 aromatic heterocycles. The molecule has 1 fully saturated rings. The van der Waals surface area contributed by atoms with Crippen molar-refractivity contribution in [3.05, 3.63) is 17.7 Å². The molecule has 2 rings (SSSR count). The molecule has 0 spiro atoms. The maximum Gasteiger partial charge on any atom is 0.251 e. The molecule has 1 saturated heterocycles. The van der Waals surface area contributed by atoms with E-state index in [0.717, 1.165) is 13.0 Å². The highest BCUT2D eigenvalue weighted by molar-refractivity contribution is 5.95. The highest BCUT2D eigenvalue weighted by atomic mass is 16.5. The van der Waals surface area contributed by atoms with E-state index in [4.69, 9.17) is 14.2 Å². The summed E-state index contributed by atoms with van der Waals surface area (Å²) in [5, 5.41) is 2.96. The number of hydrogen-bond acceptors (Lipinski definition) is 5. The second kappa shape index (κ2) is 9.37. The molecule has 24 heavy (non-hydrogen) atoms. The van der Waals surface area contributed by atoms with Crippen LogP contribution in [0.2, 0.25) is 0 Å². The first-order valence-corrected chi connectivity index (χ1v) is 8.50. The molecule has 6 nitrogen and oxygen atoms in total. The fourth-order valence-corrected chi connectivity index (χ4v) is 3.00. The molecule has 1 aliphatic heterocycles. The van der Waals surface area contributed by atoms with Gasteiger partial charge in [-0.25, -0.2) is 0 Å². The average molecular weight is 336 g/mol. The Hall–Kier alpha value is -1.95. The zero-order valence-corrected chi connectivity index (χ0v) is 14.9. The van der Waals surface area contributed by atoms with Gasteiger partial charge >= 0.3 is 0 Å². The van der Waals surface area contributed by atoms with Crippen LogP contribution >= 0.6 is 0 Å². The second-order valence-corrected chi connectivity index (χ2v) is 5.93. The van der Waals surface area contributed by atoms with Crippen molar-refractivity contribution in [1.82, 2.24) is 10.2 Å². The summed E-state index contributed by atoms with van der Waals surface area (Å²) >= 11 is 0. The van der Waals surface area contributed by atoms with Crippen LogP contribution in [0.1, 0.15) is 36.0 Å². The topological polar surface area (TPSA) is 60.0 Å². The molecule has 1 N–H and O–H groups in total. The van der Waals surface area contributed by atoms with E-state index in [2.05, 4.69) is 10.2 Å². The molecule has 0 aliphatic carbocycles. The lowest BCUT2D eigenvalue weighted by molar-refractivity contribution is 0.0950. The summed E-state index contributed by atoms with van der Waals surface area (Å²) in [6.07, 6.45) is 4.88. The summed E-state index contributed by atoms with van der Waals surface area (Å²) in [4.78, 5) is 14.8. The van der Waals surface area contributed by atoms with Gasteiger partial charge in [0.15, 0.2) is 11.5 Å². The van der Waals surface area contributed by atoms with Crippen LogP contribution in [-0.2, 0) is 0 Å². The van der Waals surface area contributed by atoms with Crippen molar-refractivity contribution in [2.24, 2.45) is 0 Å². The SMILES string of the molecule is COc1cc(C(=O)NCCCN2CCCCC2)cc(OC)c1OC. The van der Waals surface area contributed by atoms with E-state index in [0.29, 0.717) is 29.4 Å². The molecular formula is C18H28N2O4. The van der Waals surface area contributed by atoms with Gasteiger partial charge in [-0.2, -0.15) is 0 Å². The van der Waals surface area contributed by atoms with Gasteiger partial charge in [-0.3, -0.25) is 4.79 Å². The van der Waals surface area contributed by atoms with E-state index in [-0.39, 0.29) is 5.91 Å². The zero-order chi connectivity index (χ0) is 17.4. The average Bonchev–Trinajstić information content (AvgIpc) is 2.64. The smallest absolute Gasteiger partial charge is 0.251 e. The van der Waals surface area contributed by atoms with Crippen molar-refractivity contribution in [2.45, 2.75) is 25.7 Å². The first kappa shape index (κ1) is 18.4. The van der Waals surface area contributed by atoms with Gasteiger partial charge < -0.3 is 24.4 Å². The molecule has 6 heteroatoms. The Kier molecular flexibility index (Phi) is 7.18. The number of amides is 1. The number of carbonyl (C=O) groups is 1. The fraction of sp³-hybridized carbons (Fsp3) is 0.611. The minimum Gasteiger partial charge on any atom is -0.493 e. The second-order valence-electron chi connectivity index (χ2n) is 5.93. The minimum absolute atomic E-state index is 0.132. The summed E-state index contributed by atoms with van der Waals surface area (Å²) < 4.78 is 15.8. The molecule has 1 aromatic carbocycles. The number of nitrogens with one attached hydrogen (secondary N) is 1. The van der Waals surface area contributed by atoms with E-state index in [1.165, 1.54) is 46.6 Å². The molecule has 0 radical (unpaired) electrons. The molecule has 0 saturated carbocycles. The van der Waals surface area contributed by atoms with Crippen molar-refractivity contribution in [3.63, 3.8) is 0 Å². The highest BCUT2D eigenvalue weighted by Crippen LogP contribution is 2.38. The number of carbonyl (C=O) groups excluding carboxylic acids is 1. The maximum atomic E-state index is 12.4. The predicted molar refractivity (Wildman–Crippen MR) is 93.3 cm³/mol. The van der Waals surface area contributed by atoms with Crippen LogP contribution in [0.5, 0.6) is 17.2 Å². The molecule has 0 unspecified atom stereocenters. The largest absolute Gasteiger partial charge is 0.493 e. The van der Waals surface area contributed by atoms with Crippen LogP contribution in [-0.4, -0.2) is 58.3 Å². The Labute approximate surface area is 144 Å². The van der Waals surface area contributed by atoms with Crippen LogP contribution in [0.3, 0.4) is 0 Å². The lowest BCUT2D eigenvalue weighted by Crippen LogP contribution is -2.33. The molecule has 134 valence electrons. The Balaban J connectivity index is 1.89. The lowest BCUT2D eigenvalue weighted by atomic mass is 10.1. The first-order valence-electron chi connectivity index (χ1n) is 8.50. The highest BCUT2D eigenvalue weighted by Gasteiger charge is 2.17. The molecule has 1 amide bonds. The molecule has 1 heterocycles. The van der Waals surface area contributed by atoms with Gasteiger partial charge in [0, 0.05) is 12.1 Å². The number of hydrogen-bond donors (Lipinski definition) is 1. The standard InChI is InChI=1S/C18H28N2O4/c1-22-15-12-14(13-16(23-2)17(15)24-3)18(21)19-8-7-11-20-9-5-4-6-10-20/h12-13H,4-11H2,1-3H3,(H,19,21). The summed E-state index contributed by atoms with van der Waals surface area (Å²) in [5.41, 5.74) is 0.502. The van der Waals surface area contributed by atoms with E-state index in [1.54, 1.807) is 19.2 Å². The predicted octanol–water partition coefficient (Wildman–Crippen LogP) is 2.32. The summed E-state index contributed by atoms with van der Waals surface area (Å²) in [5.74, 6) is 1.32. The Bertz CT molecular complexity index is 517. The summed E-state index contributed by atoms with van der Waals surface area (Å²) in [6, 6.07) is 3.34. The van der Waals surface area contributed by atoms with Gasteiger partial charge in [0.1, 0.15) is 0 Å². The van der Waals surface area contributed by atoms with E-state index in [1.807, 2.05) is 0 Å². The van der Waals surface area contributed by atoms with Crippen LogP contribution in [0.25, 0.3) is 0 Å². The lowest BCUT2D eigenvalue weighted by Gasteiger charge is -2.26. The summed E-state index contributed by atoms with van der Waals surface area (Å²) in [7, 11) is 4.62. The van der Waals surface area contributed by atoms with Gasteiger partial charge in [0.05, 0.1) is 21.3 Å². The molecule has 0 atom stereocenters. The van der Waals surface area contributed by atoms with Crippen LogP contribution in [0.15, 0.2) is 12.1 Å². The third-order valence-corrected chi connectivity index (χ3v) is 4.31. The fourth-order valence-electron chi connectivity index (χ4n) is 3.00. The maximum absolute atomic E-state index is 12.4. The van der Waals surface area contributed by atoms with Gasteiger partial charge in [0.25, 0.3) is 5.91 Å². The molecule has 1 aliphatic rings. The zero-order valence-electron chi connectivity index (χ0n) is 14.9. The van der Waals surface area contributed by atoms with Gasteiger partial charge in [0.2, 0.25) is 5.75 Å². The van der Waals surface area contributed by atoms with Gasteiger partial charge in [-0.1, -0.05) is 6.42 Å². The third kappa shape index (κ3) is 4.77. The van der Waals surface area contributed by atoms with Gasteiger partial charge in [-0.05, 0) is 51.0 Å². The van der Waals surface area contributed by atoms with Gasteiger partial charge in [-0.15, -0.1) is 0 Å². The number of piperidine rings is 1. The van der Waals surface area contributed by atoms with E-state index >= 15 is 0 Å². The Morgan fingerprint density at radius 1 is 1.04 bits per heavy atom. The van der Waals surface area contributed by atoms with Crippen LogP contribution < -0.4 is 19.5 Å². The number of methoxy groups -OCH3 is 3. The number of rotatable bonds is 8. The van der Waals surface area contributed by atoms with Crippen LogP contribution in [0.4, 0.5) is 0 Å². The van der Waals surface area contributed by atoms with E-state index < -0.39 is 0 Å². The number of benzene rings is 1. The number of nitrogens with zero attached hydrogens (tertiary/aromatic N) is 1. The minimum atomic E-state index is -0.132. The molecule has 1 aromatic rings. The van der Waals surface area contributed by atoms with E-state index in [9.17, 15) is 4.79 Å². The van der Waals surface area contributed by atoms with Crippen molar-refractivity contribution >= 4 is 5.91 Å². The first-order chi connectivity index (χ1) is 11.7. The molecular weight excluding hydrogens is 308 g/mol. The number of likely N-dealkylation sites (tertiary alicyclic amines) is 1. The molecule has 0 bridgehead atoms. The van der Waals surface area contributed by atoms with Crippen molar-refractivity contribution < 1.29 is 19.0 Å². The van der Waals surface area contributed by atoms with Crippen molar-refractivity contribution in [1.29, 1.82) is 0 Å². The van der Waals surface area contributed by atoms with Crippen LogP contribution in [0, 0.1) is 0 Å². The quantitative estimate of drug-likeness (QED) is 0.738. The Morgan fingerprint density at radius 3 is 2.21 bits per heavy atom. The normalized spacial score (nSPS) is 15.0. The third-order valence-electron chi connectivity index (χ3n) is 4.31. The number of ether oxygens (including phenoxy) is 3. The van der Waals surface area contributed by atoms with Crippen molar-refractivity contribution in [2.75, 3.05) is 47.5 Å². The van der Waals surface area contributed by atoms with Crippen molar-refractivity contribution in [3.8, 4) is 17.2 Å². The monoisotopic (exact) mass is 336 g/mol.